The Hall–Kier alpha value is -1.87. The number of rotatable bonds is 5. The molecule has 2 rings (SSSR count). The lowest BCUT2D eigenvalue weighted by Gasteiger charge is -2.16. The van der Waals surface area contributed by atoms with Gasteiger partial charge in [0.25, 0.3) is 0 Å². The molecule has 2 nitrogen and oxygen atoms in total. The van der Waals surface area contributed by atoms with Crippen LogP contribution in [-0.4, -0.2) is 7.11 Å². The normalized spacial score (nSPS) is 12.2. The first-order valence-electron chi connectivity index (χ1n) is 6.81. The Morgan fingerprint density at radius 3 is 2.35 bits per heavy atom. The predicted octanol–water partition coefficient (Wildman–Crippen LogP) is 3.64. The van der Waals surface area contributed by atoms with Gasteiger partial charge in [-0.15, -0.1) is 0 Å². The molecule has 2 N–H and O–H groups in total. The van der Waals surface area contributed by atoms with Crippen LogP contribution in [0.1, 0.15) is 29.7 Å². The van der Waals surface area contributed by atoms with E-state index in [1.54, 1.807) is 12.1 Å². The highest BCUT2D eigenvalue weighted by Gasteiger charge is 2.17. The molecule has 0 aliphatic heterocycles. The number of methoxy groups -OCH3 is 1. The van der Waals surface area contributed by atoms with E-state index in [4.69, 9.17) is 10.5 Å². The van der Waals surface area contributed by atoms with Gasteiger partial charge in [0, 0.05) is 11.6 Å². The van der Waals surface area contributed by atoms with Gasteiger partial charge in [0.15, 0.2) is 0 Å². The Balaban J connectivity index is 2.21. The zero-order valence-corrected chi connectivity index (χ0v) is 11.9. The minimum atomic E-state index is -0.418. The average molecular weight is 273 g/mol. The molecule has 2 aromatic carbocycles. The highest BCUT2D eigenvalue weighted by Crippen LogP contribution is 2.28. The molecule has 1 atom stereocenters. The van der Waals surface area contributed by atoms with Crippen LogP contribution in [0, 0.1) is 5.82 Å². The van der Waals surface area contributed by atoms with Crippen LogP contribution < -0.4 is 10.5 Å². The first kappa shape index (κ1) is 14.5. The number of halogens is 1. The Bertz CT molecular complexity index is 566. The van der Waals surface area contributed by atoms with Crippen LogP contribution in [0.3, 0.4) is 0 Å². The highest BCUT2D eigenvalue weighted by molar-refractivity contribution is 5.38. The van der Waals surface area contributed by atoms with E-state index in [9.17, 15) is 4.39 Å². The Labute approximate surface area is 119 Å². The van der Waals surface area contributed by atoms with Gasteiger partial charge in [-0.1, -0.05) is 37.3 Å². The molecule has 0 radical (unpaired) electrons. The highest BCUT2D eigenvalue weighted by atomic mass is 19.1. The molecule has 0 aliphatic rings. The molecule has 0 fully saturated rings. The zero-order chi connectivity index (χ0) is 14.5. The van der Waals surface area contributed by atoms with E-state index in [-0.39, 0.29) is 5.82 Å². The van der Waals surface area contributed by atoms with Crippen molar-refractivity contribution in [1.82, 2.24) is 0 Å². The first-order chi connectivity index (χ1) is 9.65. The van der Waals surface area contributed by atoms with Gasteiger partial charge in [-0.05, 0) is 36.1 Å². The molecular formula is C17H20FNO. The molecule has 1 unspecified atom stereocenters. The quantitative estimate of drug-likeness (QED) is 0.902. The maximum absolute atomic E-state index is 13.9. The summed E-state index contributed by atoms with van der Waals surface area (Å²) in [6.07, 6.45) is 1.59. The number of benzene rings is 2. The van der Waals surface area contributed by atoms with E-state index < -0.39 is 6.04 Å². The second-order valence-corrected chi connectivity index (χ2v) is 4.84. The van der Waals surface area contributed by atoms with Crippen LogP contribution in [0.4, 0.5) is 4.39 Å². The summed E-state index contributed by atoms with van der Waals surface area (Å²) in [7, 11) is 1.53. The predicted molar refractivity (Wildman–Crippen MR) is 79.4 cm³/mol. The molecule has 0 aliphatic carbocycles. The first-order valence-corrected chi connectivity index (χ1v) is 6.81. The molecule has 2 aromatic rings. The largest absolute Gasteiger partial charge is 0.496 e. The zero-order valence-electron chi connectivity index (χ0n) is 11.9. The summed E-state index contributed by atoms with van der Waals surface area (Å²) in [6.45, 7) is 2.12. The molecule has 20 heavy (non-hydrogen) atoms. The van der Waals surface area contributed by atoms with Gasteiger partial charge in [0.1, 0.15) is 11.6 Å². The summed E-state index contributed by atoms with van der Waals surface area (Å²) in [5.41, 5.74) is 8.97. The van der Waals surface area contributed by atoms with Crippen molar-refractivity contribution in [1.29, 1.82) is 0 Å². The summed E-state index contributed by atoms with van der Waals surface area (Å²) in [6, 6.07) is 12.6. The van der Waals surface area contributed by atoms with Crippen molar-refractivity contribution in [3.8, 4) is 5.75 Å². The van der Waals surface area contributed by atoms with Crippen molar-refractivity contribution in [2.24, 2.45) is 5.73 Å². The second kappa shape index (κ2) is 6.53. The van der Waals surface area contributed by atoms with E-state index >= 15 is 0 Å². The van der Waals surface area contributed by atoms with Crippen LogP contribution in [0.2, 0.25) is 0 Å². The van der Waals surface area contributed by atoms with Crippen molar-refractivity contribution in [2.45, 2.75) is 25.8 Å². The number of ether oxygens (including phenoxy) is 1. The van der Waals surface area contributed by atoms with Gasteiger partial charge in [-0.25, -0.2) is 4.39 Å². The smallest absolute Gasteiger partial charge is 0.131 e. The fourth-order valence-corrected chi connectivity index (χ4v) is 2.32. The van der Waals surface area contributed by atoms with Gasteiger partial charge in [0.2, 0.25) is 0 Å². The summed E-state index contributed by atoms with van der Waals surface area (Å²) in [5.74, 6) is 0.185. The number of hydrogen-bond donors (Lipinski definition) is 1. The van der Waals surface area contributed by atoms with Crippen molar-refractivity contribution in [3.05, 3.63) is 65.0 Å². The molecule has 0 bridgehead atoms. The van der Waals surface area contributed by atoms with Gasteiger partial charge in [-0.2, -0.15) is 0 Å². The van der Waals surface area contributed by atoms with E-state index in [2.05, 4.69) is 19.1 Å². The van der Waals surface area contributed by atoms with E-state index in [1.807, 2.05) is 12.1 Å². The maximum atomic E-state index is 13.9. The van der Waals surface area contributed by atoms with Crippen LogP contribution in [0.5, 0.6) is 5.75 Å². The third kappa shape index (κ3) is 3.17. The minimum absolute atomic E-state index is 0.318. The lowest BCUT2D eigenvalue weighted by Crippen LogP contribution is -2.16. The summed E-state index contributed by atoms with van der Waals surface area (Å²) >= 11 is 0. The molecule has 0 saturated heterocycles. The molecule has 0 saturated carbocycles. The average Bonchev–Trinajstić information content (AvgIpc) is 2.47. The van der Waals surface area contributed by atoms with E-state index in [0.29, 0.717) is 17.7 Å². The minimum Gasteiger partial charge on any atom is -0.496 e. The van der Waals surface area contributed by atoms with Crippen LogP contribution >= 0.6 is 0 Å². The maximum Gasteiger partial charge on any atom is 0.131 e. The molecule has 0 heterocycles. The topological polar surface area (TPSA) is 35.2 Å². The number of aryl methyl sites for hydroxylation is 1. The van der Waals surface area contributed by atoms with Gasteiger partial charge in [-0.3, -0.25) is 0 Å². The standard InChI is InChI=1S/C17H20FNO/c1-3-12-7-9-13(10-8-12)11-15(19)17-14(18)5-4-6-16(17)20-2/h4-10,15H,3,11,19H2,1-2H3. The third-order valence-corrected chi connectivity index (χ3v) is 3.49. The SMILES string of the molecule is CCc1ccc(CC(N)c2c(F)cccc2OC)cc1. The lowest BCUT2D eigenvalue weighted by molar-refractivity contribution is 0.399. The molecule has 0 amide bonds. The van der Waals surface area contributed by atoms with E-state index in [1.165, 1.54) is 18.7 Å². The van der Waals surface area contributed by atoms with Crippen LogP contribution in [0.25, 0.3) is 0 Å². The molecule has 0 aromatic heterocycles. The van der Waals surface area contributed by atoms with Crippen molar-refractivity contribution in [2.75, 3.05) is 7.11 Å². The fraction of sp³-hybridized carbons (Fsp3) is 0.294. The van der Waals surface area contributed by atoms with Crippen molar-refractivity contribution in [3.63, 3.8) is 0 Å². The van der Waals surface area contributed by atoms with Gasteiger partial charge in [0.05, 0.1) is 7.11 Å². The Morgan fingerprint density at radius 2 is 1.75 bits per heavy atom. The Kier molecular flexibility index (Phi) is 4.74. The fourth-order valence-electron chi connectivity index (χ4n) is 2.32. The van der Waals surface area contributed by atoms with Crippen LogP contribution in [-0.2, 0) is 12.8 Å². The molecular weight excluding hydrogens is 253 g/mol. The second-order valence-electron chi connectivity index (χ2n) is 4.84. The summed E-state index contributed by atoms with van der Waals surface area (Å²) in [4.78, 5) is 0. The lowest BCUT2D eigenvalue weighted by atomic mass is 9.97. The Morgan fingerprint density at radius 1 is 1.10 bits per heavy atom. The summed E-state index contributed by atoms with van der Waals surface area (Å²) in [5, 5.41) is 0. The van der Waals surface area contributed by atoms with Crippen LogP contribution in [0.15, 0.2) is 42.5 Å². The van der Waals surface area contributed by atoms with Gasteiger partial charge < -0.3 is 10.5 Å². The third-order valence-electron chi connectivity index (χ3n) is 3.49. The van der Waals surface area contributed by atoms with Gasteiger partial charge >= 0.3 is 0 Å². The van der Waals surface area contributed by atoms with Crippen molar-refractivity contribution < 1.29 is 9.13 Å². The number of nitrogens with two attached hydrogens (primary N) is 1. The molecule has 3 heteroatoms. The molecule has 106 valence electrons. The monoisotopic (exact) mass is 273 g/mol. The molecule has 0 spiro atoms. The van der Waals surface area contributed by atoms with Crippen molar-refractivity contribution >= 4 is 0 Å². The summed E-state index contributed by atoms with van der Waals surface area (Å²) < 4.78 is 19.2. The number of hydrogen-bond acceptors (Lipinski definition) is 2. The van der Waals surface area contributed by atoms with E-state index in [0.717, 1.165) is 12.0 Å².